The number of halogens is 3. The first kappa shape index (κ1) is 17.8. The zero-order valence-corrected chi connectivity index (χ0v) is 13.0. The third kappa shape index (κ3) is 4.48. The van der Waals surface area contributed by atoms with Crippen molar-refractivity contribution in [2.75, 3.05) is 14.2 Å². The maximum atomic E-state index is 12.5. The molecule has 0 atom stereocenters. The summed E-state index contributed by atoms with van der Waals surface area (Å²) in [5, 5.41) is 0. The van der Waals surface area contributed by atoms with Gasteiger partial charge in [0.25, 0.3) is 0 Å². The fourth-order valence-electron chi connectivity index (χ4n) is 2.29. The third-order valence-corrected chi connectivity index (χ3v) is 3.22. The summed E-state index contributed by atoms with van der Waals surface area (Å²) in [4.78, 5) is 11.0. The predicted octanol–water partition coefficient (Wildman–Crippen LogP) is 4.22. The van der Waals surface area contributed by atoms with Crippen LogP contribution in [0.25, 0.3) is 11.1 Å². The molecular formula is C17H15F3O4. The summed E-state index contributed by atoms with van der Waals surface area (Å²) in [6.07, 6.45) is -4.37. The van der Waals surface area contributed by atoms with Crippen molar-refractivity contribution in [2.24, 2.45) is 0 Å². The van der Waals surface area contributed by atoms with Gasteiger partial charge in [-0.3, -0.25) is 4.79 Å². The molecule has 128 valence electrons. The third-order valence-electron chi connectivity index (χ3n) is 3.22. The molecule has 0 aliphatic heterocycles. The number of hydrogen-bond donors (Lipinski definition) is 0. The molecule has 4 nitrogen and oxygen atoms in total. The van der Waals surface area contributed by atoms with Crippen LogP contribution < -0.4 is 9.47 Å². The Morgan fingerprint density at radius 2 is 1.79 bits per heavy atom. The number of methoxy groups -OCH3 is 2. The molecule has 0 amide bonds. The Labute approximate surface area is 136 Å². The fourth-order valence-corrected chi connectivity index (χ4v) is 2.29. The van der Waals surface area contributed by atoms with E-state index in [4.69, 9.17) is 9.47 Å². The second-order valence-electron chi connectivity index (χ2n) is 4.91. The quantitative estimate of drug-likeness (QED) is 0.739. The van der Waals surface area contributed by atoms with Crippen molar-refractivity contribution in [3.05, 3.63) is 47.5 Å². The minimum atomic E-state index is -4.84. The van der Waals surface area contributed by atoms with Gasteiger partial charge in [0.1, 0.15) is 17.8 Å². The minimum Gasteiger partial charge on any atom is -0.497 e. The molecule has 0 fully saturated rings. The lowest BCUT2D eigenvalue weighted by atomic mass is 9.98. The summed E-state index contributed by atoms with van der Waals surface area (Å²) in [5.41, 5.74) is 1.81. The molecule has 2 aromatic rings. The van der Waals surface area contributed by atoms with Gasteiger partial charge in [-0.25, -0.2) is 0 Å². The van der Waals surface area contributed by atoms with Crippen molar-refractivity contribution in [1.82, 2.24) is 0 Å². The van der Waals surface area contributed by atoms with Gasteiger partial charge in [0.15, 0.2) is 0 Å². The zero-order chi connectivity index (χ0) is 17.7. The van der Waals surface area contributed by atoms with Crippen molar-refractivity contribution in [3.8, 4) is 22.6 Å². The molecule has 0 spiro atoms. The van der Waals surface area contributed by atoms with Gasteiger partial charge in [-0.2, -0.15) is 0 Å². The first-order valence-corrected chi connectivity index (χ1v) is 6.88. The summed E-state index contributed by atoms with van der Waals surface area (Å²) >= 11 is 0. The maximum absolute atomic E-state index is 12.5. The minimum absolute atomic E-state index is 0.0749. The lowest BCUT2D eigenvalue weighted by molar-refractivity contribution is -0.274. The number of ether oxygens (including phenoxy) is 3. The van der Waals surface area contributed by atoms with Crippen LogP contribution in [0.2, 0.25) is 0 Å². The van der Waals surface area contributed by atoms with E-state index in [0.717, 1.165) is 6.07 Å². The number of hydrogen-bond acceptors (Lipinski definition) is 4. The average Bonchev–Trinajstić information content (AvgIpc) is 2.53. The van der Waals surface area contributed by atoms with Gasteiger partial charge in [0.05, 0.1) is 13.7 Å². The Balaban J connectivity index is 2.54. The Morgan fingerprint density at radius 3 is 2.38 bits per heavy atom. The molecule has 0 aliphatic carbocycles. The van der Waals surface area contributed by atoms with Gasteiger partial charge in [-0.15, -0.1) is 13.2 Å². The van der Waals surface area contributed by atoms with E-state index in [1.807, 2.05) is 0 Å². The molecular weight excluding hydrogens is 325 g/mol. The van der Waals surface area contributed by atoms with Crippen LogP contribution in [0.4, 0.5) is 13.2 Å². The first-order valence-electron chi connectivity index (χ1n) is 6.88. The normalized spacial score (nSPS) is 11.2. The highest BCUT2D eigenvalue weighted by Gasteiger charge is 2.31. The number of alkyl halides is 3. The number of carbonyl (C=O) groups excluding carboxylic acids is 1. The van der Waals surface area contributed by atoms with Gasteiger partial charge in [0.2, 0.25) is 0 Å². The van der Waals surface area contributed by atoms with Gasteiger partial charge in [-0.05, 0) is 47.0 Å². The van der Waals surface area contributed by atoms with Gasteiger partial charge < -0.3 is 14.2 Å². The van der Waals surface area contributed by atoms with E-state index in [9.17, 15) is 18.0 Å². The molecule has 2 aromatic carbocycles. The molecule has 2 rings (SSSR count). The van der Waals surface area contributed by atoms with Crippen LogP contribution in [0, 0.1) is 0 Å². The standard InChI is InChI=1S/C17H15F3O4/c1-22-10-13-8-14(23-2)3-4-16(13)12-5-11(9-21)6-15(7-12)24-17(18,19)20/h3-9H,10H2,1-2H3. The van der Waals surface area contributed by atoms with E-state index < -0.39 is 12.1 Å². The van der Waals surface area contributed by atoms with Crippen LogP contribution in [-0.2, 0) is 11.3 Å². The van der Waals surface area contributed by atoms with E-state index in [-0.39, 0.29) is 12.2 Å². The van der Waals surface area contributed by atoms with Gasteiger partial charge >= 0.3 is 6.36 Å². The highest BCUT2D eigenvalue weighted by Crippen LogP contribution is 2.33. The van der Waals surface area contributed by atoms with Crippen molar-refractivity contribution in [1.29, 1.82) is 0 Å². The number of benzene rings is 2. The molecule has 0 aromatic heterocycles. The zero-order valence-electron chi connectivity index (χ0n) is 13.0. The molecule has 0 radical (unpaired) electrons. The van der Waals surface area contributed by atoms with E-state index >= 15 is 0 Å². The van der Waals surface area contributed by atoms with Crippen LogP contribution in [0.1, 0.15) is 15.9 Å². The molecule has 0 saturated heterocycles. The molecule has 0 saturated carbocycles. The number of carbonyl (C=O) groups is 1. The topological polar surface area (TPSA) is 44.8 Å². The maximum Gasteiger partial charge on any atom is 0.573 e. The molecule has 0 aliphatic rings. The van der Waals surface area contributed by atoms with Crippen molar-refractivity contribution < 1.29 is 32.2 Å². The SMILES string of the molecule is COCc1cc(OC)ccc1-c1cc(C=O)cc(OC(F)(F)F)c1. The monoisotopic (exact) mass is 340 g/mol. The predicted molar refractivity (Wildman–Crippen MR) is 81.2 cm³/mol. The Morgan fingerprint density at radius 1 is 1.04 bits per heavy atom. The van der Waals surface area contributed by atoms with Crippen LogP contribution >= 0.6 is 0 Å². The number of rotatable bonds is 6. The van der Waals surface area contributed by atoms with E-state index in [1.165, 1.54) is 26.4 Å². The Kier molecular flexibility index (Phi) is 5.46. The summed E-state index contributed by atoms with van der Waals surface area (Å²) in [6.45, 7) is 0.229. The van der Waals surface area contributed by atoms with Crippen LogP contribution in [-0.4, -0.2) is 26.9 Å². The smallest absolute Gasteiger partial charge is 0.497 e. The molecule has 0 unspecified atom stereocenters. The van der Waals surface area contributed by atoms with Gasteiger partial charge in [-0.1, -0.05) is 6.07 Å². The van der Waals surface area contributed by atoms with E-state index in [0.29, 0.717) is 28.7 Å². The number of aldehydes is 1. The highest BCUT2D eigenvalue weighted by atomic mass is 19.4. The first-order chi connectivity index (χ1) is 11.4. The average molecular weight is 340 g/mol. The molecule has 24 heavy (non-hydrogen) atoms. The van der Waals surface area contributed by atoms with E-state index in [1.54, 1.807) is 18.2 Å². The highest BCUT2D eigenvalue weighted by molar-refractivity contribution is 5.81. The summed E-state index contributed by atoms with van der Waals surface area (Å²) in [6, 6.07) is 8.82. The summed E-state index contributed by atoms with van der Waals surface area (Å²) < 4.78 is 51.6. The second-order valence-corrected chi connectivity index (χ2v) is 4.91. The largest absolute Gasteiger partial charge is 0.573 e. The summed E-state index contributed by atoms with van der Waals surface area (Å²) in [7, 11) is 3.01. The van der Waals surface area contributed by atoms with Crippen molar-refractivity contribution >= 4 is 6.29 Å². The lowest BCUT2D eigenvalue weighted by Crippen LogP contribution is -2.17. The Bertz CT molecular complexity index is 726. The fraction of sp³-hybridized carbons (Fsp3) is 0.235. The van der Waals surface area contributed by atoms with Crippen LogP contribution in [0.15, 0.2) is 36.4 Å². The molecule has 0 heterocycles. The van der Waals surface area contributed by atoms with Crippen LogP contribution in [0.3, 0.4) is 0 Å². The van der Waals surface area contributed by atoms with E-state index in [2.05, 4.69) is 4.74 Å². The molecule has 0 N–H and O–H groups in total. The van der Waals surface area contributed by atoms with Crippen molar-refractivity contribution in [3.63, 3.8) is 0 Å². The molecule has 7 heteroatoms. The van der Waals surface area contributed by atoms with Gasteiger partial charge in [0, 0.05) is 12.7 Å². The second kappa shape index (κ2) is 7.35. The Hall–Kier alpha value is -2.54. The van der Waals surface area contributed by atoms with Crippen molar-refractivity contribution in [2.45, 2.75) is 13.0 Å². The summed E-state index contributed by atoms with van der Waals surface area (Å²) in [5.74, 6) is 0.130. The lowest BCUT2D eigenvalue weighted by Gasteiger charge is -2.14. The van der Waals surface area contributed by atoms with Crippen LogP contribution in [0.5, 0.6) is 11.5 Å². The molecule has 0 bridgehead atoms.